The highest BCUT2D eigenvalue weighted by atomic mass is 35.5. The highest BCUT2D eigenvalue weighted by Crippen LogP contribution is 2.26. The van der Waals surface area contributed by atoms with Gasteiger partial charge < -0.3 is 10.1 Å². The van der Waals surface area contributed by atoms with Crippen LogP contribution in [0.25, 0.3) is 0 Å². The number of anilines is 1. The number of aryl methyl sites for hydroxylation is 1. The van der Waals surface area contributed by atoms with Crippen LogP contribution in [-0.4, -0.2) is 19.3 Å². The molecule has 0 aliphatic carbocycles. The molecular weight excluding hydrogens is 222 g/mol. The van der Waals surface area contributed by atoms with Crippen LogP contribution >= 0.6 is 11.6 Å². The maximum absolute atomic E-state index is 6.19. The highest BCUT2D eigenvalue weighted by molar-refractivity contribution is 6.33. The van der Waals surface area contributed by atoms with E-state index in [4.69, 9.17) is 16.3 Å². The topological polar surface area (TPSA) is 21.3 Å². The molecule has 2 nitrogen and oxygen atoms in total. The Kier molecular flexibility index (Phi) is 3.72. The fourth-order valence-corrected chi connectivity index (χ4v) is 2.34. The smallest absolute Gasteiger partial charge is 0.0640 e. The lowest BCUT2D eigenvalue weighted by molar-refractivity contribution is 0.183. The van der Waals surface area contributed by atoms with Gasteiger partial charge in [0.25, 0.3) is 0 Å². The number of benzene rings is 1. The zero-order valence-electron chi connectivity index (χ0n) is 9.79. The summed E-state index contributed by atoms with van der Waals surface area (Å²) in [5, 5.41) is 4.26. The molecular formula is C13H18ClNO. The highest BCUT2D eigenvalue weighted by Gasteiger charge is 2.22. The Bertz CT molecular complexity index is 361. The van der Waals surface area contributed by atoms with Gasteiger partial charge in [0.1, 0.15) is 0 Å². The van der Waals surface area contributed by atoms with Crippen molar-refractivity contribution in [2.45, 2.75) is 26.3 Å². The molecule has 1 aliphatic heterocycles. The number of ether oxygens (including phenoxy) is 1. The van der Waals surface area contributed by atoms with Crippen molar-refractivity contribution >= 4 is 17.3 Å². The first kappa shape index (κ1) is 11.7. The lowest BCUT2D eigenvalue weighted by atomic mass is 10.0. The molecule has 2 rings (SSSR count). The summed E-state index contributed by atoms with van der Waals surface area (Å²) in [6.45, 7) is 5.98. The lowest BCUT2D eigenvalue weighted by Crippen LogP contribution is -2.26. The van der Waals surface area contributed by atoms with Gasteiger partial charge in [-0.3, -0.25) is 0 Å². The normalized spacial score (nSPS) is 22.1. The van der Waals surface area contributed by atoms with Gasteiger partial charge in [-0.2, -0.15) is 0 Å². The molecule has 2 atom stereocenters. The van der Waals surface area contributed by atoms with Crippen molar-refractivity contribution in [3.05, 3.63) is 28.8 Å². The van der Waals surface area contributed by atoms with Crippen LogP contribution < -0.4 is 5.32 Å². The van der Waals surface area contributed by atoms with E-state index in [0.717, 1.165) is 30.3 Å². The Morgan fingerprint density at radius 1 is 1.50 bits per heavy atom. The Morgan fingerprint density at radius 3 is 2.94 bits per heavy atom. The van der Waals surface area contributed by atoms with Crippen LogP contribution in [0, 0.1) is 12.8 Å². The monoisotopic (exact) mass is 239 g/mol. The van der Waals surface area contributed by atoms with Crippen LogP contribution in [0.3, 0.4) is 0 Å². The molecule has 3 heteroatoms. The van der Waals surface area contributed by atoms with Crippen LogP contribution in [-0.2, 0) is 4.74 Å². The Morgan fingerprint density at radius 2 is 2.31 bits per heavy atom. The van der Waals surface area contributed by atoms with Crippen LogP contribution in [0.4, 0.5) is 5.69 Å². The van der Waals surface area contributed by atoms with Crippen molar-refractivity contribution in [3.63, 3.8) is 0 Å². The Hall–Kier alpha value is -0.730. The quantitative estimate of drug-likeness (QED) is 0.872. The molecule has 1 fully saturated rings. The van der Waals surface area contributed by atoms with Gasteiger partial charge in [-0.05, 0) is 38.0 Å². The molecule has 1 aliphatic rings. The van der Waals surface area contributed by atoms with Crippen LogP contribution in [0.2, 0.25) is 5.02 Å². The van der Waals surface area contributed by atoms with Gasteiger partial charge in [0.05, 0.1) is 17.3 Å². The zero-order valence-corrected chi connectivity index (χ0v) is 10.6. The van der Waals surface area contributed by atoms with Crippen LogP contribution in [0.1, 0.15) is 18.9 Å². The van der Waals surface area contributed by atoms with Gasteiger partial charge in [-0.1, -0.05) is 17.7 Å². The molecule has 0 bridgehead atoms. The summed E-state index contributed by atoms with van der Waals surface area (Å²) < 4.78 is 5.39. The first-order chi connectivity index (χ1) is 7.66. The van der Waals surface area contributed by atoms with E-state index in [9.17, 15) is 0 Å². The van der Waals surface area contributed by atoms with E-state index >= 15 is 0 Å². The average Bonchev–Trinajstić information content (AvgIpc) is 2.75. The summed E-state index contributed by atoms with van der Waals surface area (Å²) in [5.74, 6) is 0.595. The average molecular weight is 240 g/mol. The van der Waals surface area contributed by atoms with Gasteiger partial charge in [-0.15, -0.1) is 0 Å². The molecule has 1 aromatic rings. The minimum absolute atomic E-state index is 0.405. The fourth-order valence-electron chi connectivity index (χ4n) is 2.05. The van der Waals surface area contributed by atoms with Gasteiger partial charge >= 0.3 is 0 Å². The molecule has 1 aromatic carbocycles. The lowest BCUT2D eigenvalue weighted by Gasteiger charge is -2.21. The third-order valence-corrected chi connectivity index (χ3v) is 3.49. The van der Waals surface area contributed by atoms with E-state index < -0.39 is 0 Å². The first-order valence-corrected chi connectivity index (χ1v) is 6.15. The molecule has 0 amide bonds. The molecule has 0 aromatic heterocycles. The second kappa shape index (κ2) is 5.07. The summed E-state index contributed by atoms with van der Waals surface area (Å²) in [5.41, 5.74) is 2.21. The van der Waals surface area contributed by atoms with Gasteiger partial charge in [0, 0.05) is 18.6 Å². The minimum atomic E-state index is 0.405. The number of hydrogen-bond donors (Lipinski definition) is 1. The predicted octanol–water partition coefficient (Wildman–Crippen LogP) is 3.49. The second-order valence-electron chi connectivity index (χ2n) is 4.54. The predicted molar refractivity (Wildman–Crippen MR) is 68.2 cm³/mol. The molecule has 0 radical (unpaired) electrons. The maximum atomic E-state index is 6.19. The summed E-state index contributed by atoms with van der Waals surface area (Å²) in [6, 6.07) is 6.51. The van der Waals surface area contributed by atoms with Crippen molar-refractivity contribution in [2.75, 3.05) is 18.5 Å². The molecule has 1 N–H and O–H groups in total. The number of nitrogens with one attached hydrogen (secondary N) is 1. The van der Waals surface area contributed by atoms with Gasteiger partial charge in [0.2, 0.25) is 0 Å². The summed E-state index contributed by atoms with van der Waals surface area (Å²) in [7, 11) is 0. The van der Waals surface area contributed by atoms with E-state index in [1.54, 1.807) is 0 Å². The second-order valence-corrected chi connectivity index (χ2v) is 4.95. The first-order valence-electron chi connectivity index (χ1n) is 5.77. The number of hydrogen-bond acceptors (Lipinski definition) is 2. The van der Waals surface area contributed by atoms with Gasteiger partial charge in [0.15, 0.2) is 0 Å². The number of halogens is 1. The molecule has 2 unspecified atom stereocenters. The van der Waals surface area contributed by atoms with Gasteiger partial charge in [-0.25, -0.2) is 0 Å². The van der Waals surface area contributed by atoms with Crippen molar-refractivity contribution in [1.82, 2.24) is 0 Å². The van der Waals surface area contributed by atoms with Crippen molar-refractivity contribution in [3.8, 4) is 0 Å². The van der Waals surface area contributed by atoms with Crippen molar-refractivity contribution < 1.29 is 4.74 Å². The van der Waals surface area contributed by atoms with E-state index in [1.165, 1.54) is 5.56 Å². The third-order valence-electron chi connectivity index (χ3n) is 3.18. The largest absolute Gasteiger partial charge is 0.381 e. The third kappa shape index (κ3) is 2.69. The van der Waals surface area contributed by atoms with Crippen LogP contribution in [0.5, 0.6) is 0 Å². The maximum Gasteiger partial charge on any atom is 0.0640 e. The molecule has 88 valence electrons. The Labute approximate surface area is 102 Å². The fraction of sp³-hybridized carbons (Fsp3) is 0.538. The number of rotatable bonds is 3. The zero-order chi connectivity index (χ0) is 11.5. The van der Waals surface area contributed by atoms with E-state index in [2.05, 4.69) is 18.3 Å². The Balaban J connectivity index is 2.02. The molecule has 0 spiro atoms. The molecule has 0 saturated carbocycles. The van der Waals surface area contributed by atoms with E-state index in [0.29, 0.717) is 12.0 Å². The minimum Gasteiger partial charge on any atom is -0.381 e. The van der Waals surface area contributed by atoms with Crippen molar-refractivity contribution in [1.29, 1.82) is 0 Å². The van der Waals surface area contributed by atoms with E-state index in [1.807, 2.05) is 19.1 Å². The van der Waals surface area contributed by atoms with Crippen LogP contribution in [0.15, 0.2) is 18.2 Å². The van der Waals surface area contributed by atoms with Crippen molar-refractivity contribution in [2.24, 2.45) is 5.92 Å². The standard InChI is InChI=1S/C13H18ClNO/c1-9-3-4-13(12(14)7-9)15-10(2)11-5-6-16-8-11/h3-4,7,10-11,15H,5-6,8H2,1-2H3. The summed E-state index contributed by atoms with van der Waals surface area (Å²) in [4.78, 5) is 0. The summed E-state index contributed by atoms with van der Waals surface area (Å²) in [6.07, 6.45) is 1.14. The molecule has 1 heterocycles. The SMILES string of the molecule is Cc1ccc(NC(C)C2CCOC2)c(Cl)c1. The summed E-state index contributed by atoms with van der Waals surface area (Å²) >= 11 is 6.19. The molecule has 16 heavy (non-hydrogen) atoms. The molecule has 1 saturated heterocycles. The van der Waals surface area contributed by atoms with E-state index in [-0.39, 0.29) is 0 Å².